The second-order valence-electron chi connectivity index (χ2n) is 5.53. The lowest BCUT2D eigenvalue weighted by Gasteiger charge is -2.33. The van der Waals surface area contributed by atoms with Crippen molar-refractivity contribution in [3.8, 4) is 0 Å². The van der Waals surface area contributed by atoms with Crippen molar-refractivity contribution >= 4 is 21.6 Å². The summed E-state index contributed by atoms with van der Waals surface area (Å²) in [5.74, 6) is 0.941. The molecule has 6 heteroatoms. The molecule has 1 N–H and O–H groups in total. The van der Waals surface area contributed by atoms with Gasteiger partial charge in [-0.15, -0.1) is 11.6 Å². The monoisotopic (exact) mass is 282 g/mol. The van der Waals surface area contributed by atoms with E-state index in [-0.39, 0.29) is 5.54 Å². The lowest BCUT2D eigenvalue weighted by molar-refractivity contribution is 0.246. The predicted octanol–water partition coefficient (Wildman–Crippen LogP) is 1.27. The molecular formula is C11H23ClN2O2S. The maximum atomic E-state index is 11.5. The molecule has 1 saturated heterocycles. The Morgan fingerprint density at radius 2 is 2.12 bits per heavy atom. The Hall–Kier alpha value is 0.160. The lowest BCUT2D eigenvalue weighted by atomic mass is 9.98. The molecule has 4 nitrogen and oxygen atoms in total. The zero-order chi connectivity index (χ0) is 13.1. The molecule has 0 radical (unpaired) electrons. The van der Waals surface area contributed by atoms with Gasteiger partial charge in [0.25, 0.3) is 0 Å². The Bertz CT molecular complexity index is 343. The second kappa shape index (κ2) is 5.87. The molecule has 1 fully saturated rings. The van der Waals surface area contributed by atoms with Crippen LogP contribution in [0, 0.1) is 5.92 Å². The molecule has 0 aliphatic carbocycles. The largest absolute Gasteiger partial charge is 0.310 e. The fourth-order valence-corrected chi connectivity index (χ4v) is 3.00. The van der Waals surface area contributed by atoms with Gasteiger partial charge in [-0.3, -0.25) is 0 Å². The number of piperidine rings is 1. The van der Waals surface area contributed by atoms with Crippen molar-refractivity contribution in [2.75, 3.05) is 31.8 Å². The number of hydrogen-bond acceptors (Lipinski definition) is 3. The first-order valence-corrected chi connectivity index (χ1v) is 8.39. The minimum Gasteiger partial charge on any atom is -0.310 e. The first-order chi connectivity index (χ1) is 7.74. The van der Waals surface area contributed by atoms with Gasteiger partial charge in [0, 0.05) is 24.5 Å². The van der Waals surface area contributed by atoms with Crippen LogP contribution in [0.25, 0.3) is 0 Å². The molecule has 0 saturated carbocycles. The van der Waals surface area contributed by atoms with E-state index in [0.717, 1.165) is 19.4 Å². The summed E-state index contributed by atoms with van der Waals surface area (Å²) in [5, 5.41) is 3.40. The molecule has 0 aromatic rings. The molecule has 102 valence electrons. The maximum Gasteiger partial charge on any atom is 0.211 e. The third-order valence-corrected chi connectivity index (χ3v) is 5.09. The molecule has 1 aliphatic rings. The van der Waals surface area contributed by atoms with Crippen molar-refractivity contribution in [2.24, 2.45) is 5.92 Å². The molecule has 1 heterocycles. The first-order valence-electron chi connectivity index (χ1n) is 6.01. The highest BCUT2D eigenvalue weighted by molar-refractivity contribution is 7.88. The van der Waals surface area contributed by atoms with Crippen LogP contribution in [0.3, 0.4) is 0 Å². The van der Waals surface area contributed by atoms with Crippen LogP contribution < -0.4 is 5.32 Å². The van der Waals surface area contributed by atoms with E-state index in [2.05, 4.69) is 19.2 Å². The normalized spacial score (nSPS) is 23.9. The van der Waals surface area contributed by atoms with E-state index in [1.807, 2.05) is 0 Å². The van der Waals surface area contributed by atoms with Crippen LogP contribution in [0.4, 0.5) is 0 Å². The number of nitrogens with one attached hydrogen (secondary N) is 1. The van der Waals surface area contributed by atoms with Crippen molar-refractivity contribution in [3.63, 3.8) is 0 Å². The highest BCUT2D eigenvalue weighted by Gasteiger charge is 2.27. The van der Waals surface area contributed by atoms with Gasteiger partial charge in [-0.25, -0.2) is 12.7 Å². The van der Waals surface area contributed by atoms with Crippen LogP contribution in [-0.4, -0.2) is 50.0 Å². The van der Waals surface area contributed by atoms with Gasteiger partial charge in [-0.2, -0.15) is 0 Å². The molecule has 1 atom stereocenters. The Kier molecular flexibility index (Phi) is 5.25. The molecule has 0 aromatic heterocycles. The Labute approximate surface area is 110 Å². The van der Waals surface area contributed by atoms with Gasteiger partial charge < -0.3 is 5.32 Å². The zero-order valence-electron chi connectivity index (χ0n) is 10.9. The summed E-state index contributed by atoms with van der Waals surface area (Å²) in [6.07, 6.45) is 3.31. The van der Waals surface area contributed by atoms with Crippen molar-refractivity contribution in [3.05, 3.63) is 0 Å². The van der Waals surface area contributed by atoms with E-state index in [9.17, 15) is 8.42 Å². The van der Waals surface area contributed by atoms with E-state index in [1.54, 1.807) is 4.31 Å². The third kappa shape index (κ3) is 5.12. The van der Waals surface area contributed by atoms with Crippen LogP contribution in [0.2, 0.25) is 0 Å². The van der Waals surface area contributed by atoms with Crippen LogP contribution in [0.15, 0.2) is 0 Å². The Morgan fingerprint density at radius 1 is 1.47 bits per heavy atom. The highest BCUT2D eigenvalue weighted by atomic mass is 35.5. The second-order valence-corrected chi connectivity index (χ2v) is 7.78. The van der Waals surface area contributed by atoms with Crippen molar-refractivity contribution in [1.82, 2.24) is 9.62 Å². The average Bonchev–Trinajstić information content (AvgIpc) is 2.26. The number of rotatable bonds is 5. The number of alkyl halides is 1. The summed E-state index contributed by atoms with van der Waals surface area (Å²) >= 11 is 5.84. The molecule has 17 heavy (non-hydrogen) atoms. The third-order valence-electron chi connectivity index (χ3n) is 3.15. The van der Waals surface area contributed by atoms with E-state index in [4.69, 9.17) is 11.6 Å². The summed E-state index contributed by atoms with van der Waals surface area (Å²) in [4.78, 5) is 0. The van der Waals surface area contributed by atoms with Gasteiger partial charge in [0.05, 0.1) is 6.26 Å². The zero-order valence-corrected chi connectivity index (χ0v) is 12.4. The predicted molar refractivity (Wildman–Crippen MR) is 71.9 cm³/mol. The van der Waals surface area contributed by atoms with Crippen LogP contribution >= 0.6 is 11.6 Å². The molecule has 0 amide bonds. The van der Waals surface area contributed by atoms with Gasteiger partial charge in [0.1, 0.15) is 0 Å². The Balaban J connectivity index is 2.46. The highest BCUT2D eigenvalue weighted by Crippen LogP contribution is 2.19. The summed E-state index contributed by atoms with van der Waals surface area (Å²) < 4.78 is 24.5. The summed E-state index contributed by atoms with van der Waals surface area (Å²) in [6, 6.07) is 0. The summed E-state index contributed by atoms with van der Waals surface area (Å²) in [7, 11) is -3.04. The fourth-order valence-electron chi connectivity index (χ4n) is 1.96. The minimum absolute atomic E-state index is 0.0884. The number of hydrogen-bond donors (Lipinski definition) is 1. The molecular weight excluding hydrogens is 260 g/mol. The number of halogens is 1. The Morgan fingerprint density at radius 3 is 2.65 bits per heavy atom. The standard InChI is InChI=1S/C11H23ClN2O2S/c1-11(2,9-12)13-7-10-5-4-6-14(8-10)17(3,15)16/h10,13H,4-9H2,1-3H3. The quantitative estimate of drug-likeness (QED) is 0.773. The molecule has 0 bridgehead atoms. The van der Waals surface area contributed by atoms with Gasteiger partial charge in [-0.1, -0.05) is 0 Å². The average molecular weight is 283 g/mol. The van der Waals surface area contributed by atoms with Crippen molar-refractivity contribution in [2.45, 2.75) is 32.2 Å². The minimum atomic E-state index is -3.04. The van der Waals surface area contributed by atoms with Crippen molar-refractivity contribution < 1.29 is 8.42 Å². The number of nitrogens with zero attached hydrogens (tertiary/aromatic N) is 1. The maximum absolute atomic E-state index is 11.5. The SMILES string of the molecule is CC(C)(CCl)NCC1CCCN(S(C)(=O)=O)C1. The van der Waals surface area contributed by atoms with Crippen LogP contribution in [0.1, 0.15) is 26.7 Å². The fraction of sp³-hybridized carbons (Fsp3) is 1.00. The van der Waals surface area contributed by atoms with E-state index in [1.165, 1.54) is 6.26 Å². The molecule has 1 rings (SSSR count). The molecule has 0 spiro atoms. The smallest absolute Gasteiger partial charge is 0.211 e. The van der Waals surface area contributed by atoms with E-state index in [0.29, 0.717) is 24.9 Å². The lowest BCUT2D eigenvalue weighted by Crippen LogP contribution is -2.47. The van der Waals surface area contributed by atoms with E-state index >= 15 is 0 Å². The molecule has 1 unspecified atom stereocenters. The van der Waals surface area contributed by atoms with Gasteiger partial charge in [-0.05, 0) is 39.2 Å². The van der Waals surface area contributed by atoms with E-state index < -0.39 is 10.0 Å². The van der Waals surface area contributed by atoms with Crippen molar-refractivity contribution in [1.29, 1.82) is 0 Å². The van der Waals surface area contributed by atoms with Crippen LogP contribution in [0.5, 0.6) is 0 Å². The first kappa shape index (κ1) is 15.2. The number of sulfonamides is 1. The van der Waals surface area contributed by atoms with Gasteiger partial charge >= 0.3 is 0 Å². The summed E-state index contributed by atoms with van der Waals surface area (Å²) in [6.45, 7) is 6.22. The van der Waals surface area contributed by atoms with Gasteiger partial charge in [0.2, 0.25) is 10.0 Å². The summed E-state index contributed by atoms with van der Waals surface area (Å²) in [5.41, 5.74) is -0.0884. The topological polar surface area (TPSA) is 49.4 Å². The molecule has 0 aromatic carbocycles. The van der Waals surface area contributed by atoms with Crippen LogP contribution in [-0.2, 0) is 10.0 Å². The molecule has 1 aliphatic heterocycles. The van der Waals surface area contributed by atoms with Gasteiger partial charge in [0.15, 0.2) is 0 Å².